The van der Waals surface area contributed by atoms with Crippen LogP contribution >= 0.6 is 12.4 Å². The summed E-state index contributed by atoms with van der Waals surface area (Å²) in [6.07, 6.45) is 0.404. The first-order valence-electron chi connectivity index (χ1n) is 9.56. The molecule has 2 fully saturated rings. The quantitative estimate of drug-likeness (QED) is 0.688. The standard InChI is InChI=1S/C21H25N3O4.ClH/c1-4-13-17(22-20(26)16(19(13)25)21(27)28)11-5-7-12(8-6-11)24-9-14-15(10-24)18(14)23(2)3;/h5-8,14-15,18H,4,9-10H2,1-3H3,(H,27,28)(H2,22,25,26);1H/t14-,15+,18+;. The van der Waals surface area contributed by atoms with Gasteiger partial charge < -0.3 is 25.0 Å². The number of hydrogen-bond acceptors (Lipinski definition) is 5. The maximum atomic E-state index is 12.1. The van der Waals surface area contributed by atoms with Crippen LogP contribution in [0.3, 0.4) is 0 Å². The molecule has 7 nitrogen and oxygen atoms in total. The molecule has 2 aromatic rings. The molecule has 0 bridgehead atoms. The summed E-state index contributed by atoms with van der Waals surface area (Å²) in [5.74, 6) is -0.414. The average Bonchev–Trinajstić information content (AvgIpc) is 3.16. The van der Waals surface area contributed by atoms with Crippen molar-refractivity contribution in [2.75, 3.05) is 32.1 Å². The number of pyridine rings is 1. The van der Waals surface area contributed by atoms with E-state index in [0.29, 0.717) is 23.7 Å². The minimum absolute atomic E-state index is 0. The number of hydrogen-bond donors (Lipinski definition) is 3. The van der Waals surface area contributed by atoms with E-state index in [-0.39, 0.29) is 12.4 Å². The molecule has 8 heteroatoms. The van der Waals surface area contributed by atoms with Crippen molar-refractivity contribution in [3.63, 3.8) is 0 Å². The van der Waals surface area contributed by atoms with Crippen molar-refractivity contribution in [1.29, 1.82) is 0 Å². The highest BCUT2D eigenvalue weighted by atomic mass is 35.5. The SMILES string of the molecule is CCc1c(-c2ccc(N3C[C@@H]4[C@H](C3)[C@H]4N(C)C)cc2)[nH]c(=O)c(C(=O)O)c1O.Cl. The lowest BCUT2D eigenvalue weighted by Crippen LogP contribution is -2.30. The Morgan fingerprint density at radius 1 is 1.21 bits per heavy atom. The van der Waals surface area contributed by atoms with Gasteiger partial charge in [0.1, 0.15) is 5.75 Å². The molecule has 0 radical (unpaired) electrons. The van der Waals surface area contributed by atoms with Gasteiger partial charge in [0, 0.05) is 30.4 Å². The number of nitrogens with zero attached hydrogens (tertiary/aromatic N) is 2. The number of piperidine rings is 1. The molecule has 1 saturated carbocycles. The van der Waals surface area contributed by atoms with Gasteiger partial charge in [0.2, 0.25) is 0 Å². The van der Waals surface area contributed by atoms with Crippen molar-refractivity contribution in [3.05, 3.63) is 45.7 Å². The number of carboxylic acid groups (broad SMARTS) is 1. The Hall–Kier alpha value is -2.51. The Balaban J connectivity index is 0.00000240. The second kappa shape index (κ2) is 7.72. The van der Waals surface area contributed by atoms with Crippen molar-refractivity contribution < 1.29 is 15.0 Å². The van der Waals surface area contributed by atoms with Crippen LogP contribution in [0.1, 0.15) is 22.8 Å². The van der Waals surface area contributed by atoms with Crippen molar-refractivity contribution in [3.8, 4) is 17.0 Å². The summed E-state index contributed by atoms with van der Waals surface area (Å²) in [6.45, 7) is 3.92. The van der Waals surface area contributed by atoms with E-state index in [1.165, 1.54) is 0 Å². The summed E-state index contributed by atoms with van der Waals surface area (Å²) < 4.78 is 0. The first-order chi connectivity index (χ1) is 13.3. The van der Waals surface area contributed by atoms with Crippen molar-refractivity contribution >= 4 is 24.1 Å². The molecule has 0 amide bonds. The fourth-order valence-electron chi connectivity index (χ4n) is 4.73. The third kappa shape index (κ3) is 3.49. The van der Waals surface area contributed by atoms with Gasteiger partial charge in [-0.2, -0.15) is 0 Å². The number of halogens is 1. The highest BCUT2D eigenvalue weighted by Crippen LogP contribution is 2.49. The normalized spacial score (nSPS) is 22.3. The summed E-state index contributed by atoms with van der Waals surface area (Å²) in [5.41, 5.74) is 1.39. The van der Waals surface area contributed by atoms with Gasteiger partial charge in [0.25, 0.3) is 5.56 Å². The highest BCUT2D eigenvalue weighted by molar-refractivity contribution is 5.92. The Kier molecular flexibility index (Phi) is 5.65. The summed E-state index contributed by atoms with van der Waals surface area (Å²) in [4.78, 5) is 30.7. The minimum atomic E-state index is -1.43. The number of aromatic hydroxyl groups is 1. The number of carboxylic acids is 1. The molecule has 4 rings (SSSR count). The van der Waals surface area contributed by atoms with E-state index in [1.54, 1.807) is 0 Å². The molecule has 1 saturated heterocycles. The number of benzene rings is 1. The Morgan fingerprint density at radius 2 is 1.79 bits per heavy atom. The van der Waals surface area contributed by atoms with Crippen LogP contribution in [0.2, 0.25) is 0 Å². The molecule has 29 heavy (non-hydrogen) atoms. The Labute approximate surface area is 175 Å². The molecule has 0 unspecified atom stereocenters. The van der Waals surface area contributed by atoms with Crippen molar-refractivity contribution in [2.24, 2.45) is 11.8 Å². The van der Waals surface area contributed by atoms with E-state index < -0.39 is 22.8 Å². The monoisotopic (exact) mass is 419 g/mol. The molecule has 2 heterocycles. The van der Waals surface area contributed by atoms with Gasteiger partial charge in [-0.3, -0.25) is 4.79 Å². The topological polar surface area (TPSA) is 96.9 Å². The number of H-pyrrole nitrogens is 1. The lowest BCUT2D eigenvalue weighted by atomic mass is 10.0. The lowest BCUT2D eigenvalue weighted by molar-refractivity contribution is 0.0691. The maximum Gasteiger partial charge on any atom is 0.345 e. The molecule has 156 valence electrons. The van der Waals surface area contributed by atoms with Crippen LogP contribution in [-0.2, 0) is 6.42 Å². The van der Waals surface area contributed by atoms with Crippen LogP contribution in [0.4, 0.5) is 5.69 Å². The van der Waals surface area contributed by atoms with E-state index in [2.05, 4.69) is 28.9 Å². The van der Waals surface area contributed by atoms with Crippen LogP contribution in [0.5, 0.6) is 5.75 Å². The number of nitrogens with one attached hydrogen (secondary N) is 1. The number of aromatic nitrogens is 1. The zero-order chi connectivity index (χ0) is 20.2. The van der Waals surface area contributed by atoms with Crippen LogP contribution in [0.15, 0.2) is 29.1 Å². The Bertz CT molecular complexity index is 975. The first-order valence-corrected chi connectivity index (χ1v) is 9.56. The summed E-state index contributed by atoms with van der Waals surface area (Å²) in [5, 5.41) is 19.5. The maximum absolute atomic E-state index is 12.1. The minimum Gasteiger partial charge on any atom is -0.506 e. The van der Waals surface area contributed by atoms with Crippen LogP contribution in [0, 0.1) is 11.8 Å². The van der Waals surface area contributed by atoms with Crippen LogP contribution < -0.4 is 10.5 Å². The molecule has 3 atom stereocenters. The van der Waals surface area contributed by atoms with Gasteiger partial charge in [-0.15, -0.1) is 12.4 Å². The summed E-state index contributed by atoms with van der Waals surface area (Å²) >= 11 is 0. The van der Waals surface area contributed by atoms with Gasteiger partial charge >= 0.3 is 5.97 Å². The zero-order valence-electron chi connectivity index (χ0n) is 16.7. The highest BCUT2D eigenvalue weighted by Gasteiger charge is 2.56. The van der Waals surface area contributed by atoms with E-state index in [4.69, 9.17) is 0 Å². The van der Waals surface area contributed by atoms with Crippen molar-refractivity contribution in [1.82, 2.24) is 9.88 Å². The van der Waals surface area contributed by atoms with Gasteiger partial charge in [0.15, 0.2) is 5.56 Å². The van der Waals surface area contributed by atoms with Gasteiger partial charge in [-0.25, -0.2) is 4.79 Å². The second-order valence-electron chi connectivity index (χ2n) is 7.92. The molecule has 3 N–H and O–H groups in total. The third-order valence-electron chi connectivity index (χ3n) is 6.12. The molecular formula is C21H26ClN3O4. The van der Waals surface area contributed by atoms with E-state index in [0.717, 1.165) is 36.2 Å². The summed E-state index contributed by atoms with van der Waals surface area (Å²) in [7, 11) is 4.28. The number of aromatic carboxylic acids is 1. The van der Waals surface area contributed by atoms with Crippen molar-refractivity contribution in [2.45, 2.75) is 19.4 Å². The zero-order valence-corrected chi connectivity index (χ0v) is 17.5. The molecule has 0 spiro atoms. The van der Waals surface area contributed by atoms with E-state index >= 15 is 0 Å². The number of fused-ring (bicyclic) bond motifs is 1. The Morgan fingerprint density at radius 3 is 2.28 bits per heavy atom. The number of aromatic amines is 1. The summed E-state index contributed by atoms with van der Waals surface area (Å²) in [6, 6.07) is 8.55. The molecule has 1 aromatic heterocycles. The van der Waals surface area contributed by atoms with Gasteiger partial charge in [0.05, 0.1) is 5.69 Å². The molecule has 1 aliphatic carbocycles. The fourth-order valence-corrected chi connectivity index (χ4v) is 4.73. The predicted octanol–water partition coefficient (Wildman–Crippen LogP) is 2.43. The lowest BCUT2D eigenvalue weighted by Gasteiger charge is -2.24. The van der Waals surface area contributed by atoms with Gasteiger partial charge in [-0.1, -0.05) is 19.1 Å². The number of carbonyl (C=O) groups is 1. The molecular weight excluding hydrogens is 394 g/mol. The largest absolute Gasteiger partial charge is 0.506 e. The van der Waals surface area contributed by atoms with E-state index in [9.17, 15) is 19.8 Å². The van der Waals surface area contributed by atoms with E-state index in [1.807, 2.05) is 31.2 Å². The van der Waals surface area contributed by atoms with Crippen LogP contribution in [-0.4, -0.2) is 59.3 Å². The molecule has 1 aliphatic heterocycles. The second-order valence-corrected chi connectivity index (χ2v) is 7.92. The number of anilines is 1. The number of rotatable bonds is 5. The predicted molar refractivity (Wildman–Crippen MR) is 114 cm³/mol. The molecule has 2 aliphatic rings. The van der Waals surface area contributed by atoms with Crippen LogP contribution in [0.25, 0.3) is 11.3 Å². The first kappa shape index (κ1) is 21.2. The average molecular weight is 420 g/mol. The fraction of sp³-hybridized carbons (Fsp3) is 0.429. The molecule has 1 aromatic carbocycles. The smallest absolute Gasteiger partial charge is 0.345 e. The third-order valence-corrected chi connectivity index (χ3v) is 6.12. The van der Waals surface area contributed by atoms with Gasteiger partial charge in [-0.05, 0) is 50.0 Å².